The van der Waals surface area contributed by atoms with Crippen molar-refractivity contribution < 1.29 is 27.5 Å². The second-order valence-electron chi connectivity index (χ2n) is 9.07. The first-order valence-electron chi connectivity index (χ1n) is 11.4. The first kappa shape index (κ1) is 25.2. The molecule has 2 fully saturated rings. The van der Waals surface area contributed by atoms with Gasteiger partial charge in [0.2, 0.25) is 21.8 Å². The van der Waals surface area contributed by atoms with Gasteiger partial charge in [-0.1, -0.05) is 32.9 Å². The van der Waals surface area contributed by atoms with E-state index in [1.165, 1.54) is 23.5 Å². The fourth-order valence-electron chi connectivity index (χ4n) is 4.76. The summed E-state index contributed by atoms with van der Waals surface area (Å²) in [6.07, 6.45) is 1.65. The Balaban J connectivity index is 1.86. The van der Waals surface area contributed by atoms with Gasteiger partial charge in [-0.15, -0.1) is 0 Å². The summed E-state index contributed by atoms with van der Waals surface area (Å²) in [6.45, 7) is 6.53. The van der Waals surface area contributed by atoms with Crippen LogP contribution >= 0.6 is 0 Å². The number of hydrogen-bond acceptors (Lipinski definition) is 6. The Morgan fingerprint density at radius 2 is 1.85 bits per heavy atom. The van der Waals surface area contributed by atoms with Crippen LogP contribution in [0.3, 0.4) is 0 Å². The number of carbonyl (C=O) groups is 3. The smallest absolute Gasteiger partial charge is 0.339 e. The van der Waals surface area contributed by atoms with Crippen LogP contribution in [0.1, 0.15) is 56.8 Å². The topological polar surface area (TPSA) is 113 Å². The Morgan fingerprint density at radius 3 is 2.42 bits per heavy atom. The molecule has 2 heterocycles. The van der Waals surface area contributed by atoms with Gasteiger partial charge in [-0.05, 0) is 43.7 Å². The molecule has 1 spiro atoms. The Morgan fingerprint density at radius 1 is 1.21 bits per heavy atom. The molecule has 0 radical (unpaired) electrons. The number of esters is 1. The van der Waals surface area contributed by atoms with E-state index in [4.69, 9.17) is 4.74 Å². The van der Waals surface area contributed by atoms with E-state index in [2.05, 4.69) is 5.32 Å². The number of carbonyl (C=O) groups excluding carboxylic acids is 3. The third-order valence-corrected chi connectivity index (χ3v) is 8.38. The largest absolute Gasteiger partial charge is 0.465 e. The maximum absolute atomic E-state index is 13.4. The molecule has 182 valence electrons. The molecule has 0 bridgehead atoms. The summed E-state index contributed by atoms with van der Waals surface area (Å²) in [5.41, 5.74) is -1.09. The molecule has 3 rings (SSSR count). The number of piperazine rings is 1. The van der Waals surface area contributed by atoms with Crippen molar-refractivity contribution in [3.8, 4) is 0 Å². The highest BCUT2D eigenvalue weighted by Gasteiger charge is 2.54. The molecule has 0 aromatic heterocycles. The normalized spacial score (nSPS) is 21.4. The van der Waals surface area contributed by atoms with Crippen molar-refractivity contribution in [2.24, 2.45) is 5.92 Å². The van der Waals surface area contributed by atoms with Gasteiger partial charge < -0.3 is 15.0 Å². The molecule has 1 aromatic rings. The average Bonchev–Trinajstić information content (AvgIpc) is 2.80. The summed E-state index contributed by atoms with van der Waals surface area (Å²) in [5.74, 6) is -0.797. The van der Waals surface area contributed by atoms with Crippen LogP contribution in [-0.2, 0) is 24.3 Å². The van der Waals surface area contributed by atoms with Crippen LogP contribution in [0.15, 0.2) is 29.2 Å². The van der Waals surface area contributed by atoms with Gasteiger partial charge in [-0.2, -0.15) is 4.31 Å². The van der Waals surface area contributed by atoms with Crippen LogP contribution in [0.25, 0.3) is 0 Å². The van der Waals surface area contributed by atoms with Gasteiger partial charge in [0, 0.05) is 19.6 Å². The lowest BCUT2D eigenvalue weighted by Gasteiger charge is -2.51. The highest BCUT2D eigenvalue weighted by molar-refractivity contribution is 7.89. The Labute approximate surface area is 195 Å². The van der Waals surface area contributed by atoms with Gasteiger partial charge in [-0.25, -0.2) is 13.2 Å². The SMILES string of the molecule is CCCN1C(=O)C(CC(C)C)NC(=O)C12CCN(S(=O)(=O)c1ccccc1C(=O)OC)CC2. The number of methoxy groups -OCH3 is 1. The lowest BCUT2D eigenvalue weighted by atomic mass is 9.81. The second-order valence-corrected chi connectivity index (χ2v) is 11.0. The van der Waals surface area contributed by atoms with Crippen LogP contribution in [0.4, 0.5) is 0 Å². The molecule has 1 atom stereocenters. The molecular formula is C23H33N3O6S. The van der Waals surface area contributed by atoms with Crippen molar-refractivity contribution in [2.75, 3.05) is 26.7 Å². The standard InChI is InChI=1S/C23H33N3O6S/c1-5-12-26-20(27)18(15-16(2)3)24-22(29)23(26)10-13-25(14-11-23)33(30,31)19-9-7-6-8-17(19)21(28)32-4/h6-9,16,18H,5,10-15H2,1-4H3,(H,24,29). The number of sulfonamides is 1. The second kappa shape index (κ2) is 9.80. The molecule has 1 aromatic carbocycles. The molecule has 0 saturated carbocycles. The molecule has 2 saturated heterocycles. The molecule has 2 aliphatic rings. The summed E-state index contributed by atoms with van der Waals surface area (Å²) < 4.78 is 32.7. The predicted molar refractivity (Wildman–Crippen MR) is 122 cm³/mol. The van der Waals surface area contributed by atoms with E-state index in [9.17, 15) is 22.8 Å². The van der Waals surface area contributed by atoms with Crippen molar-refractivity contribution in [1.29, 1.82) is 0 Å². The molecule has 1 N–H and O–H groups in total. The van der Waals surface area contributed by atoms with Crippen molar-refractivity contribution in [1.82, 2.24) is 14.5 Å². The summed E-state index contributed by atoms with van der Waals surface area (Å²) in [5, 5.41) is 2.90. The number of ether oxygens (including phenoxy) is 1. The number of benzene rings is 1. The zero-order valence-corrected chi connectivity index (χ0v) is 20.5. The van der Waals surface area contributed by atoms with Gasteiger partial charge in [0.25, 0.3) is 0 Å². The minimum absolute atomic E-state index is 0.0324. The molecule has 0 aliphatic carbocycles. The number of hydrogen-bond donors (Lipinski definition) is 1. The predicted octanol–water partition coefficient (Wildman–Crippen LogP) is 1.78. The number of piperidine rings is 1. The average molecular weight is 480 g/mol. The zero-order valence-electron chi connectivity index (χ0n) is 19.7. The first-order chi connectivity index (χ1) is 15.6. The highest BCUT2D eigenvalue weighted by atomic mass is 32.2. The minimum atomic E-state index is -3.99. The number of rotatable bonds is 7. The van der Waals surface area contributed by atoms with Crippen LogP contribution in [0.2, 0.25) is 0 Å². The summed E-state index contributed by atoms with van der Waals surface area (Å²) in [6, 6.07) is 5.36. The van der Waals surface area contributed by atoms with E-state index in [0.717, 1.165) is 0 Å². The Bertz CT molecular complexity index is 1010. The Hall–Kier alpha value is -2.46. The van der Waals surface area contributed by atoms with Crippen molar-refractivity contribution in [2.45, 2.75) is 62.9 Å². The van der Waals surface area contributed by atoms with Crippen molar-refractivity contribution in [3.05, 3.63) is 29.8 Å². The first-order valence-corrected chi connectivity index (χ1v) is 12.8. The molecule has 33 heavy (non-hydrogen) atoms. The molecule has 2 amide bonds. The molecule has 2 aliphatic heterocycles. The maximum Gasteiger partial charge on any atom is 0.339 e. The Kier molecular flexibility index (Phi) is 7.48. The fourth-order valence-corrected chi connectivity index (χ4v) is 6.38. The summed E-state index contributed by atoms with van der Waals surface area (Å²) >= 11 is 0. The summed E-state index contributed by atoms with van der Waals surface area (Å²) in [4.78, 5) is 40.2. The number of amides is 2. The zero-order chi connectivity index (χ0) is 24.4. The van der Waals surface area contributed by atoms with Gasteiger partial charge in [0.1, 0.15) is 11.6 Å². The number of nitrogens with one attached hydrogen (secondary N) is 1. The maximum atomic E-state index is 13.4. The van der Waals surface area contributed by atoms with E-state index in [1.54, 1.807) is 17.0 Å². The fraction of sp³-hybridized carbons (Fsp3) is 0.609. The summed E-state index contributed by atoms with van der Waals surface area (Å²) in [7, 11) is -2.79. The van der Waals surface area contributed by atoms with Gasteiger partial charge in [-0.3, -0.25) is 9.59 Å². The van der Waals surface area contributed by atoms with Crippen LogP contribution in [-0.4, -0.2) is 73.7 Å². The lowest BCUT2D eigenvalue weighted by Crippen LogP contribution is -2.73. The van der Waals surface area contributed by atoms with Crippen molar-refractivity contribution in [3.63, 3.8) is 0 Å². The molecule has 9 nitrogen and oxygen atoms in total. The third-order valence-electron chi connectivity index (χ3n) is 6.42. The molecular weight excluding hydrogens is 446 g/mol. The van der Waals surface area contributed by atoms with Crippen LogP contribution in [0, 0.1) is 5.92 Å². The molecule has 1 unspecified atom stereocenters. The van der Waals surface area contributed by atoms with E-state index in [-0.39, 0.29) is 54.1 Å². The van der Waals surface area contributed by atoms with E-state index in [1.807, 2.05) is 20.8 Å². The number of nitrogens with zero attached hydrogens (tertiary/aromatic N) is 2. The van der Waals surface area contributed by atoms with E-state index in [0.29, 0.717) is 19.4 Å². The molecule has 10 heteroatoms. The van der Waals surface area contributed by atoms with Crippen LogP contribution < -0.4 is 5.32 Å². The monoisotopic (exact) mass is 479 g/mol. The minimum Gasteiger partial charge on any atom is -0.465 e. The highest BCUT2D eigenvalue weighted by Crippen LogP contribution is 2.36. The third kappa shape index (κ3) is 4.63. The van der Waals surface area contributed by atoms with E-state index < -0.39 is 27.6 Å². The van der Waals surface area contributed by atoms with Crippen molar-refractivity contribution >= 4 is 27.8 Å². The quantitative estimate of drug-likeness (QED) is 0.597. The van der Waals surface area contributed by atoms with Gasteiger partial charge >= 0.3 is 5.97 Å². The van der Waals surface area contributed by atoms with Gasteiger partial charge in [0.05, 0.1) is 17.6 Å². The van der Waals surface area contributed by atoms with Gasteiger partial charge in [0.15, 0.2) is 0 Å². The van der Waals surface area contributed by atoms with Crippen LogP contribution in [0.5, 0.6) is 0 Å². The lowest BCUT2D eigenvalue weighted by molar-refractivity contribution is -0.160. The van der Waals surface area contributed by atoms with E-state index >= 15 is 0 Å².